The van der Waals surface area contributed by atoms with Crippen LogP contribution < -0.4 is 5.32 Å². The van der Waals surface area contributed by atoms with E-state index in [0.717, 1.165) is 23.1 Å². The SMILES string of the molecule is CC[C@@H](C)NC(=O)[C@H](Cc1ccccc1)N(Cc1cccc(C)c1)C(=O)Cc1ccccc1[N+](=O)[O-]. The highest BCUT2D eigenvalue weighted by atomic mass is 16.6. The molecule has 0 aliphatic heterocycles. The molecule has 0 aromatic heterocycles. The largest absolute Gasteiger partial charge is 0.352 e. The molecule has 0 bridgehead atoms. The highest BCUT2D eigenvalue weighted by Gasteiger charge is 2.32. The summed E-state index contributed by atoms with van der Waals surface area (Å²) >= 11 is 0. The molecule has 0 unspecified atom stereocenters. The van der Waals surface area contributed by atoms with Crippen molar-refractivity contribution >= 4 is 17.5 Å². The van der Waals surface area contributed by atoms with Crippen molar-refractivity contribution in [1.29, 1.82) is 0 Å². The lowest BCUT2D eigenvalue weighted by molar-refractivity contribution is -0.385. The topological polar surface area (TPSA) is 92.6 Å². The Hall–Kier alpha value is -4.00. The van der Waals surface area contributed by atoms with Crippen molar-refractivity contribution in [2.75, 3.05) is 0 Å². The minimum Gasteiger partial charge on any atom is -0.352 e. The molecule has 0 radical (unpaired) electrons. The minimum absolute atomic E-state index is 0.0538. The van der Waals surface area contributed by atoms with E-state index in [-0.39, 0.29) is 36.5 Å². The van der Waals surface area contributed by atoms with E-state index in [4.69, 9.17) is 0 Å². The summed E-state index contributed by atoms with van der Waals surface area (Å²) in [5.74, 6) is -0.581. The van der Waals surface area contributed by atoms with E-state index in [1.807, 2.05) is 75.4 Å². The second kappa shape index (κ2) is 12.6. The highest BCUT2D eigenvalue weighted by Crippen LogP contribution is 2.22. The summed E-state index contributed by atoms with van der Waals surface area (Å²) in [6, 6.07) is 22.8. The maximum absolute atomic E-state index is 13.8. The first-order valence-corrected chi connectivity index (χ1v) is 12.2. The summed E-state index contributed by atoms with van der Waals surface area (Å²) in [5, 5.41) is 14.6. The maximum atomic E-state index is 13.8. The average molecular weight is 488 g/mol. The lowest BCUT2D eigenvalue weighted by Gasteiger charge is -2.32. The van der Waals surface area contributed by atoms with Crippen molar-refractivity contribution in [1.82, 2.24) is 10.2 Å². The van der Waals surface area contributed by atoms with Crippen LogP contribution in [0.25, 0.3) is 0 Å². The quantitative estimate of drug-likeness (QED) is 0.304. The lowest BCUT2D eigenvalue weighted by atomic mass is 10.0. The molecule has 3 rings (SSSR count). The number of carbonyl (C=O) groups is 2. The lowest BCUT2D eigenvalue weighted by Crippen LogP contribution is -2.52. The van der Waals surface area contributed by atoms with Gasteiger partial charge in [-0.05, 0) is 31.4 Å². The number of nitro benzene ring substituents is 1. The Morgan fingerprint density at radius 1 is 0.972 bits per heavy atom. The van der Waals surface area contributed by atoms with E-state index < -0.39 is 11.0 Å². The van der Waals surface area contributed by atoms with Crippen LogP contribution >= 0.6 is 0 Å². The normalized spacial score (nSPS) is 12.4. The minimum atomic E-state index is -0.780. The molecule has 2 amide bonds. The standard InChI is InChI=1S/C29H33N3O4/c1-4-22(3)30-29(34)27(18-23-12-6-5-7-13-23)31(20-24-14-10-11-21(2)17-24)28(33)19-25-15-8-9-16-26(25)32(35)36/h5-17,22,27H,4,18-20H2,1-3H3,(H,30,34)/t22-,27+/m1/s1. The molecule has 36 heavy (non-hydrogen) atoms. The van der Waals surface area contributed by atoms with Gasteiger partial charge >= 0.3 is 0 Å². The summed E-state index contributed by atoms with van der Waals surface area (Å²) in [4.78, 5) is 40.0. The van der Waals surface area contributed by atoms with Crippen LogP contribution in [-0.4, -0.2) is 33.7 Å². The van der Waals surface area contributed by atoms with Crippen LogP contribution in [0, 0.1) is 17.0 Å². The van der Waals surface area contributed by atoms with Gasteiger partial charge in [0.1, 0.15) is 6.04 Å². The number of hydrogen-bond donors (Lipinski definition) is 1. The number of benzene rings is 3. The van der Waals surface area contributed by atoms with E-state index in [0.29, 0.717) is 12.0 Å². The Kier molecular flexibility index (Phi) is 9.33. The van der Waals surface area contributed by atoms with Gasteiger partial charge in [0.25, 0.3) is 5.69 Å². The summed E-state index contributed by atoms with van der Waals surface area (Å²) in [6.07, 6.45) is 0.911. The van der Waals surface area contributed by atoms with E-state index in [9.17, 15) is 19.7 Å². The van der Waals surface area contributed by atoms with Crippen molar-refractivity contribution in [3.63, 3.8) is 0 Å². The number of nitro groups is 1. The van der Waals surface area contributed by atoms with Gasteiger partial charge < -0.3 is 10.2 Å². The summed E-state index contributed by atoms with van der Waals surface area (Å²) < 4.78 is 0. The Balaban J connectivity index is 2.02. The number of carbonyl (C=O) groups excluding carboxylic acids is 2. The predicted molar refractivity (Wildman–Crippen MR) is 140 cm³/mol. The Morgan fingerprint density at radius 3 is 2.31 bits per heavy atom. The number of rotatable bonds is 11. The van der Waals surface area contributed by atoms with Crippen LogP contribution in [0.15, 0.2) is 78.9 Å². The van der Waals surface area contributed by atoms with Crippen LogP contribution in [0.5, 0.6) is 0 Å². The molecule has 0 spiro atoms. The molecule has 3 aromatic rings. The van der Waals surface area contributed by atoms with Crippen molar-refractivity contribution in [3.05, 3.63) is 111 Å². The van der Waals surface area contributed by atoms with E-state index in [2.05, 4.69) is 5.32 Å². The van der Waals surface area contributed by atoms with Crippen LogP contribution in [0.3, 0.4) is 0 Å². The van der Waals surface area contributed by atoms with Gasteiger partial charge in [0.2, 0.25) is 11.8 Å². The second-order valence-corrected chi connectivity index (χ2v) is 9.10. The number of nitrogens with zero attached hydrogens (tertiary/aromatic N) is 2. The van der Waals surface area contributed by atoms with Crippen molar-refractivity contribution < 1.29 is 14.5 Å². The molecule has 0 aliphatic carbocycles. The zero-order valence-corrected chi connectivity index (χ0v) is 21.0. The maximum Gasteiger partial charge on any atom is 0.273 e. The number of amides is 2. The van der Waals surface area contributed by atoms with Gasteiger partial charge in [-0.15, -0.1) is 0 Å². The molecule has 1 N–H and O–H groups in total. The fraction of sp³-hybridized carbons (Fsp3) is 0.310. The van der Waals surface area contributed by atoms with Gasteiger partial charge in [-0.3, -0.25) is 19.7 Å². The molecule has 7 heteroatoms. The van der Waals surface area contributed by atoms with Crippen molar-refractivity contribution in [2.45, 2.75) is 58.7 Å². The molecule has 0 saturated heterocycles. The first-order valence-electron chi connectivity index (χ1n) is 12.2. The van der Waals surface area contributed by atoms with Crippen molar-refractivity contribution in [2.24, 2.45) is 0 Å². The summed E-state index contributed by atoms with van der Waals surface area (Å²) in [7, 11) is 0. The highest BCUT2D eigenvalue weighted by molar-refractivity contribution is 5.89. The molecule has 188 valence electrons. The molecular weight excluding hydrogens is 454 g/mol. The smallest absolute Gasteiger partial charge is 0.273 e. The molecule has 7 nitrogen and oxygen atoms in total. The first kappa shape index (κ1) is 26.6. The van der Waals surface area contributed by atoms with Gasteiger partial charge in [-0.2, -0.15) is 0 Å². The molecule has 0 heterocycles. The zero-order chi connectivity index (χ0) is 26.1. The molecule has 2 atom stereocenters. The summed E-state index contributed by atoms with van der Waals surface area (Å²) in [5.41, 5.74) is 3.07. The Bertz CT molecular complexity index is 1200. The third kappa shape index (κ3) is 7.25. The molecule has 0 aliphatic rings. The van der Waals surface area contributed by atoms with Crippen LogP contribution in [0.2, 0.25) is 0 Å². The zero-order valence-electron chi connectivity index (χ0n) is 21.0. The van der Waals surface area contributed by atoms with Crippen LogP contribution in [0.1, 0.15) is 42.5 Å². The number of nitrogens with one attached hydrogen (secondary N) is 1. The first-order chi connectivity index (χ1) is 17.3. The third-order valence-electron chi connectivity index (χ3n) is 6.24. The van der Waals surface area contributed by atoms with Crippen molar-refractivity contribution in [3.8, 4) is 0 Å². The second-order valence-electron chi connectivity index (χ2n) is 9.10. The number of hydrogen-bond acceptors (Lipinski definition) is 4. The van der Waals surface area contributed by atoms with Gasteiger partial charge in [0.15, 0.2) is 0 Å². The fourth-order valence-corrected chi connectivity index (χ4v) is 4.11. The number of aryl methyl sites for hydroxylation is 1. The number of para-hydroxylation sites is 1. The predicted octanol–water partition coefficient (Wildman–Crippen LogP) is 5.00. The Labute approximate surface area is 212 Å². The van der Waals surface area contributed by atoms with Gasteiger partial charge in [0.05, 0.1) is 11.3 Å². The van der Waals surface area contributed by atoms with Gasteiger partial charge in [0, 0.05) is 30.6 Å². The van der Waals surface area contributed by atoms with E-state index in [1.165, 1.54) is 6.07 Å². The van der Waals surface area contributed by atoms with Gasteiger partial charge in [-0.25, -0.2) is 0 Å². The average Bonchev–Trinajstić information content (AvgIpc) is 2.86. The molecule has 3 aromatic carbocycles. The van der Waals surface area contributed by atoms with E-state index in [1.54, 1.807) is 23.1 Å². The van der Waals surface area contributed by atoms with Crippen LogP contribution in [-0.2, 0) is 29.0 Å². The third-order valence-corrected chi connectivity index (χ3v) is 6.24. The van der Waals surface area contributed by atoms with E-state index >= 15 is 0 Å². The Morgan fingerprint density at radius 2 is 1.64 bits per heavy atom. The monoisotopic (exact) mass is 487 g/mol. The molecular formula is C29H33N3O4. The van der Waals surface area contributed by atoms with Gasteiger partial charge in [-0.1, -0.05) is 85.3 Å². The summed E-state index contributed by atoms with van der Waals surface area (Å²) in [6.45, 7) is 6.10. The fourth-order valence-electron chi connectivity index (χ4n) is 4.11. The molecule has 0 fully saturated rings. The molecule has 0 saturated carbocycles. The van der Waals surface area contributed by atoms with Crippen LogP contribution in [0.4, 0.5) is 5.69 Å².